The minimum absolute atomic E-state index is 0.395. The number of hydrogen-bond donors (Lipinski definition) is 0. The van der Waals surface area contributed by atoms with Crippen LogP contribution in [0.5, 0.6) is 0 Å². The molecule has 0 aromatic rings. The standard InChI is InChI=1S/C17H32N2O/c1-13(2)6-5-7-17(20)18-11-15-8-9-16(12-18)19(15)10-14(3)4/h13-16H,5-12H2,1-4H3/t15-,16?/m0/s1. The van der Waals surface area contributed by atoms with Crippen LogP contribution in [0, 0.1) is 11.8 Å². The van der Waals surface area contributed by atoms with Crippen LogP contribution in [-0.4, -0.2) is 47.4 Å². The van der Waals surface area contributed by atoms with Crippen LogP contribution in [0.2, 0.25) is 0 Å². The van der Waals surface area contributed by atoms with Crippen LogP contribution in [0.1, 0.15) is 59.8 Å². The van der Waals surface area contributed by atoms with Crippen LogP contribution < -0.4 is 0 Å². The van der Waals surface area contributed by atoms with Crippen LogP contribution in [0.3, 0.4) is 0 Å². The number of likely N-dealkylation sites (tertiary alicyclic amines) is 1. The number of carbonyl (C=O) groups excluding carboxylic acids is 1. The third-order valence-electron chi connectivity index (χ3n) is 4.73. The maximum absolute atomic E-state index is 12.3. The molecule has 0 aromatic carbocycles. The number of nitrogens with zero attached hydrogens (tertiary/aromatic N) is 2. The lowest BCUT2D eigenvalue weighted by Gasteiger charge is -2.42. The van der Waals surface area contributed by atoms with Gasteiger partial charge in [0.15, 0.2) is 0 Å². The molecular formula is C17H32N2O. The lowest BCUT2D eigenvalue weighted by molar-refractivity contribution is -0.134. The molecule has 1 amide bonds. The molecule has 2 atom stereocenters. The van der Waals surface area contributed by atoms with Gasteiger partial charge in [-0.2, -0.15) is 0 Å². The molecule has 0 aliphatic carbocycles. The summed E-state index contributed by atoms with van der Waals surface area (Å²) in [5.41, 5.74) is 0. The molecule has 2 heterocycles. The Morgan fingerprint density at radius 2 is 1.65 bits per heavy atom. The van der Waals surface area contributed by atoms with Gasteiger partial charge in [0.05, 0.1) is 0 Å². The number of piperazine rings is 1. The van der Waals surface area contributed by atoms with E-state index in [1.54, 1.807) is 0 Å². The molecule has 0 N–H and O–H groups in total. The van der Waals surface area contributed by atoms with Gasteiger partial charge in [-0.3, -0.25) is 9.69 Å². The zero-order valence-corrected chi connectivity index (χ0v) is 13.8. The minimum Gasteiger partial charge on any atom is -0.340 e. The number of rotatable bonds is 6. The summed E-state index contributed by atoms with van der Waals surface area (Å²) < 4.78 is 0. The fourth-order valence-electron chi connectivity index (χ4n) is 3.73. The van der Waals surface area contributed by atoms with Crippen LogP contribution in [0.15, 0.2) is 0 Å². The van der Waals surface area contributed by atoms with Gasteiger partial charge >= 0.3 is 0 Å². The van der Waals surface area contributed by atoms with E-state index in [2.05, 4.69) is 37.5 Å². The Hall–Kier alpha value is -0.570. The topological polar surface area (TPSA) is 23.6 Å². The largest absolute Gasteiger partial charge is 0.340 e. The van der Waals surface area contributed by atoms with Crippen molar-refractivity contribution >= 4 is 5.91 Å². The van der Waals surface area contributed by atoms with E-state index in [4.69, 9.17) is 0 Å². The summed E-state index contributed by atoms with van der Waals surface area (Å²) in [6, 6.07) is 1.26. The molecule has 0 aromatic heterocycles. The van der Waals surface area contributed by atoms with Crippen molar-refractivity contribution in [2.24, 2.45) is 11.8 Å². The Bertz CT molecular complexity index is 313. The molecule has 3 nitrogen and oxygen atoms in total. The summed E-state index contributed by atoms with van der Waals surface area (Å²) in [5.74, 6) is 1.83. The Balaban J connectivity index is 1.81. The Labute approximate surface area is 124 Å². The molecule has 0 radical (unpaired) electrons. The van der Waals surface area contributed by atoms with Gasteiger partial charge in [-0.25, -0.2) is 0 Å². The molecule has 20 heavy (non-hydrogen) atoms. The molecule has 0 spiro atoms. The maximum atomic E-state index is 12.3. The summed E-state index contributed by atoms with van der Waals surface area (Å²) in [6.07, 6.45) is 5.55. The highest BCUT2D eigenvalue weighted by molar-refractivity contribution is 5.76. The van der Waals surface area contributed by atoms with E-state index in [-0.39, 0.29) is 0 Å². The molecular weight excluding hydrogens is 248 g/mol. The second-order valence-electron chi connectivity index (χ2n) is 7.56. The van der Waals surface area contributed by atoms with Gasteiger partial charge in [-0.05, 0) is 31.1 Å². The van der Waals surface area contributed by atoms with Crippen molar-refractivity contribution in [1.82, 2.24) is 9.80 Å². The second kappa shape index (κ2) is 6.93. The van der Waals surface area contributed by atoms with Gasteiger partial charge in [0, 0.05) is 38.1 Å². The number of hydrogen-bond acceptors (Lipinski definition) is 2. The lowest BCUT2D eigenvalue weighted by Crippen LogP contribution is -2.56. The molecule has 2 bridgehead atoms. The third-order valence-corrected chi connectivity index (χ3v) is 4.73. The van der Waals surface area contributed by atoms with Crippen LogP contribution in [0.4, 0.5) is 0 Å². The summed E-state index contributed by atoms with van der Waals surface area (Å²) in [4.78, 5) is 17.2. The first kappa shape index (κ1) is 15.8. The highest BCUT2D eigenvalue weighted by Crippen LogP contribution is 2.31. The first-order chi connectivity index (χ1) is 9.47. The number of amides is 1. The average molecular weight is 280 g/mol. The third kappa shape index (κ3) is 3.97. The predicted molar refractivity (Wildman–Crippen MR) is 83.6 cm³/mol. The number of carbonyl (C=O) groups is 1. The van der Waals surface area contributed by atoms with Crippen LogP contribution in [0.25, 0.3) is 0 Å². The minimum atomic E-state index is 0.395. The van der Waals surface area contributed by atoms with Gasteiger partial charge in [-0.1, -0.05) is 34.1 Å². The van der Waals surface area contributed by atoms with E-state index >= 15 is 0 Å². The van der Waals surface area contributed by atoms with Crippen molar-refractivity contribution < 1.29 is 4.79 Å². The quantitative estimate of drug-likeness (QED) is 0.746. The zero-order valence-electron chi connectivity index (χ0n) is 13.8. The molecule has 2 fully saturated rings. The molecule has 0 saturated carbocycles. The molecule has 2 rings (SSSR count). The van der Waals surface area contributed by atoms with Crippen molar-refractivity contribution in [2.75, 3.05) is 19.6 Å². The van der Waals surface area contributed by atoms with Gasteiger partial charge in [0.2, 0.25) is 5.91 Å². The van der Waals surface area contributed by atoms with E-state index in [0.29, 0.717) is 23.9 Å². The Morgan fingerprint density at radius 3 is 2.15 bits per heavy atom. The lowest BCUT2D eigenvalue weighted by atomic mass is 10.1. The zero-order chi connectivity index (χ0) is 14.7. The molecule has 116 valence electrons. The van der Waals surface area contributed by atoms with E-state index in [1.807, 2.05) is 0 Å². The first-order valence-corrected chi connectivity index (χ1v) is 8.51. The first-order valence-electron chi connectivity index (χ1n) is 8.51. The summed E-state index contributed by atoms with van der Waals surface area (Å²) in [7, 11) is 0. The maximum Gasteiger partial charge on any atom is 0.222 e. The van der Waals surface area contributed by atoms with Gasteiger partial charge in [-0.15, -0.1) is 0 Å². The Kier molecular flexibility index (Phi) is 5.48. The van der Waals surface area contributed by atoms with E-state index in [9.17, 15) is 4.79 Å². The van der Waals surface area contributed by atoms with Crippen molar-refractivity contribution in [3.05, 3.63) is 0 Å². The van der Waals surface area contributed by atoms with Gasteiger partial charge in [0.25, 0.3) is 0 Å². The Morgan fingerprint density at radius 1 is 1.05 bits per heavy atom. The van der Waals surface area contributed by atoms with Crippen LogP contribution in [-0.2, 0) is 4.79 Å². The summed E-state index contributed by atoms with van der Waals surface area (Å²) >= 11 is 0. The fourth-order valence-corrected chi connectivity index (χ4v) is 3.73. The second-order valence-corrected chi connectivity index (χ2v) is 7.56. The summed E-state index contributed by atoms with van der Waals surface area (Å²) in [6.45, 7) is 12.2. The summed E-state index contributed by atoms with van der Waals surface area (Å²) in [5, 5.41) is 0. The van der Waals surface area contributed by atoms with E-state index in [0.717, 1.165) is 31.8 Å². The molecule has 1 unspecified atom stereocenters. The molecule has 2 aliphatic heterocycles. The average Bonchev–Trinajstić information content (AvgIpc) is 2.61. The monoisotopic (exact) mass is 280 g/mol. The van der Waals surface area contributed by atoms with Crippen molar-refractivity contribution in [3.63, 3.8) is 0 Å². The van der Waals surface area contributed by atoms with E-state index < -0.39 is 0 Å². The van der Waals surface area contributed by atoms with Gasteiger partial charge in [0.1, 0.15) is 0 Å². The van der Waals surface area contributed by atoms with Crippen molar-refractivity contribution in [2.45, 2.75) is 71.9 Å². The van der Waals surface area contributed by atoms with Crippen molar-refractivity contribution in [1.29, 1.82) is 0 Å². The SMILES string of the molecule is CC(C)CCCC(=O)N1CC2CC[C@@H](C1)N2CC(C)C. The van der Waals surface area contributed by atoms with Crippen molar-refractivity contribution in [3.8, 4) is 0 Å². The highest BCUT2D eigenvalue weighted by Gasteiger charge is 2.40. The van der Waals surface area contributed by atoms with E-state index in [1.165, 1.54) is 25.8 Å². The predicted octanol–water partition coefficient (Wildman–Crippen LogP) is 3.14. The highest BCUT2D eigenvalue weighted by atomic mass is 16.2. The smallest absolute Gasteiger partial charge is 0.222 e. The molecule has 3 heteroatoms. The molecule has 2 aliphatic rings. The number of fused-ring (bicyclic) bond motifs is 2. The van der Waals surface area contributed by atoms with Crippen LogP contribution >= 0.6 is 0 Å². The normalized spacial score (nSPS) is 26.8. The van der Waals surface area contributed by atoms with Gasteiger partial charge < -0.3 is 4.90 Å². The fraction of sp³-hybridized carbons (Fsp3) is 0.941. The molecule has 2 saturated heterocycles.